The van der Waals surface area contributed by atoms with Crippen LogP contribution in [0.5, 0.6) is 0 Å². The Morgan fingerprint density at radius 2 is 1.59 bits per heavy atom. The third-order valence-electron chi connectivity index (χ3n) is 4.93. The van der Waals surface area contributed by atoms with Gasteiger partial charge in [0.25, 0.3) is 5.79 Å². The van der Waals surface area contributed by atoms with Gasteiger partial charge < -0.3 is 14.5 Å². The molecule has 1 fully saturated rings. The molecule has 0 radical (unpaired) electrons. The van der Waals surface area contributed by atoms with Gasteiger partial charge in [-0.2, -0.15) is 0 Å². The van der Waals surface area contributed by atoms with Crippen LogP contribution in [0.2, 0.25) is 0 Å². The molecule has 0 spiro atoms. The van der Waals surface area contributed by atoms with E-state index in [0.717, 1.165) is 27.6 Å². The van der Waals surface area contributed by atoms with Gasteiger partial charge in [0, 0.05) is 36.9 Å². The quantitative estimate of drug-likeness (QED) is 0.563. The summed E-state index contributed by atoms with van der Waals surface area (Å²) in [7, 11) is 0. The maximum atomic E-state index is 12.8. The topological polar surface area (TPSA) is 68.4 Å². The molecule has 0 unspecified atom stereocenters. The van der Waals surface area contributed by atoms with Gasteiger partial charge in [-0.05, 0) is 24.1 Å². The third-order valence-corrected chi connectivity index (χ3v) is 4.93. The maximum absolute atomic E-state index is 12.8. The number of carbonyl (C=O) groups excluding carboxylic acids is 2. The van der Waals surface area contributed by atoms with Crippen LogP contribution in [0.1, 0.15) is 36.5 Å². The average molecular weight is 363 g/mol. The minimum absolute atomic E-state index is 0.502. The van der Waals surface area contributed by atoms with Crippen LogP contribution in [-0.4, -0.2) is 22.7 Å². The smallest absolute Gasteiger partial charge is 0.324 e. The fourth-order valence-corrected chi connectivity index (χ4v) is 3.68. The van der Waals surface area contributed by atoms with E-state index in [1.807, 2.05) is 61.7 Å². The van der Waals surface area contributed by atoms with E-state index in [1.54, 1.807) is 13.8 Å². The normalized spacial score (nSPS) is 18.2. The Morgan fingerprint density at radius 3 is 2.26 bits per heavy atom. The van der Waals surface area contributed by atoms with Gasteiger partial charge in [0.2, 0.25) is 0 Å². The summed E-state index contributed by atoms with van der Waals surface area (Å²) in [6.45, 7) is 5.12. The van der Waals surface area contributed by atoms with E-state index in [2.05, 4.69) is 4.98 Å². The predicted molar refractivity (Wildman–Crippen MR) is 101 cm³/mol. The lowest BCUT2D eigenvalue weighted by Crippen LogP contribution is -2.48. The second-order valence-corrected chi connectivity index (χ2v) is 7.40. The molecule has 2 heterocycles. The summed E-state index contributed by atoms with van der Waals surface area (Å²) < 4.78 is 10.8. The van der Waals surface area contributed by atoms with E-state index in [-0.39, 0.29) is 0 Å². The molecule has 1 aliphatic heterocycles. The molecule has 5 heteroatoms. The molecule has 0 saturated carbocycles. The second-order valence-electron chi connectivity index (χ2n) is 7.40. The molecule has 0 amide bonds. The molecule has 1 aromatic heterocycles. The van der Waals surface area contributed by atoms with Crippen molar-refractivity contribution in [1.29, 1.82) is 0 Å². The number of aromatic amines is 1. The van der Waals surface area contributed by atoms with Crippen molar-refractivity contribution in [3.8, 4) is 0 Å². The highest BCUT2D eigenvalue weighted by molar-refractivity contribution is 5.99. The number of fused-ring (bicyclic) bond motifs is 1. The first kappa shape index (κ1) is 17.3. The van der Waals surface area contributed by atoms with Gasteiger partial charge in [0.15, 0.2) is 5.92 Å². The van der Waals surface area contributed by atoms with Crippen LogP contribution >= 0.6 is 0 Å². The Labute approximate surface area is 157 Å². The van der Waals surface area contributed by atoms with E-state index in [0.29, 0.717) is 0 Å². The Morgan fingerprint density at radius 1 is 0.963 bits per heavy atom. The number of hydrogen-bond donors (Lipinski definition) is 1. The predicted octanol–water partition coefficient (Wildman–Crippen LogP) is 4.06. The molecule has 3 aromatic rings. The number of aryl methyl sites for hydroxylation is 1. The maximum Gasteiger partial charge on any atom is 0.324 e. The summed E-state index contributed by atoms with van der Waals surface area (Å²) in [6.07, 6.45) is 1.86. The SMILES string of the molecule is Cc1ccc([C@H](c2c[nH]c3ccccc23)C2C(=O)OC(C)(C)OC2=O)cc1. The Kier molecular flexibility index (Phi) is 4.02. The van der Waals surface area contributed by atoms with Crippen LogP contribution in [-0.2, 0) is 19.1 Å². The first-order valence-corrected chi connectivity index (χ1v) is 8.94. The van der Waals surface area contributed by atoms with Gasteiger partial charge in [-0.1, -0.05) is 48.0 Å². The molecular weight excluding hydrogens is 342 g/mol. The minimum Gasteiger partial charge on any atom is -0.422 e. The van der Waals surface area contributed by atoms with Gasteiger partial charge in [-0.15, -0.1) is 0 Å². The van der Waals surface area contributed by atoms with Gasteiger partial charge in [-0.25, -0.2) is 0 Å². The molecule has 0 aliphatic carbocycles. The lowest BCUT2D eigenvalue weighted by molar-refractivity contribution is -0.240. The van der Waals surface area contributed by atoms with Crippen LogP contribution in [0, 0.1) is 12.8 Å². The second kappa shape index (κ2) is 6.27. The van der Waals surface area contributed by atoms with Crippen molar-refractivity contribution in [2.45, 2.75) is 32.5 Å². The van der Waals surface area contributed by atoms with Crippen LogP contribution in [0.3, 0.4) is 0 Å². The number of benzene rings is 2. The molecule has 138 valence electrons. The zero-order valence-corrected chi connectivity index (χ0v) is 15.5. The standard InChI is InChI=1S/C22H21NO4/c1-13-8-10-14(11-9-13)18(16-12-23-17-7-5-4-6-15(16)17)19-20(24)26-22(2,3)27-21(19)25/h4-12,18-19,23H,1-3H3/t18-/m1/s1. The number of esters is 2. The van der Waals surface area contributed by atoms with Gasteiger partial charge in [0.1, 0.15) is 0 Å². The molecule has 0 bridgehead atoms. The Balaban J connectivity index is 1.88. The van der Waals surface area contributed by atoms with Crippen molar-refractivity contribution in [3.05, 3.63) is 71.4 Å². The summed E-state index contributed by atoms with van der Waals surface area (Å²) in [5, 5.41) is 0.966. The summed E-state index contributed by atoms with van der Waals surface area (Å²) in [5.74, 6) is -3.93. The number of rotatable bonds is 3. The summed E-state index contributed by atoms with van der Waals surface area (Å²) >= 11 is 0. The number of nitrogens with one attached hydrogen (secondary N) is 1. The van der Waals surface area contributed by atoms with E-state index < -0.39 is 29.6 Å². The minimum atomic E-state index is -1.25. The Bertz CT molecular complexity index is 996. The van der Waals surface area contributed by atoms with Gasteiger partial charge in [0.05, 0.1) is 0 Å². The average Bonchev–Trinajstić information content (AvgIpc) is 3.02. The number of carbonyl (C=O) groups is 2. The van der Waals surface area contributed by atoms with Crippen LogP contribution in [0.4, 0.5) is 0 Å². The van der Waals surface area contributed by atoms with E-state index in [1.165, 1.54) is 0 Å². The molecular formula is C22H21NO4. The number of para-hydroxylation sites is 1. The molecule has 2 aromatic carbocycles. The molecule has 1 atom stereocenters. The zero-order chi connectivity index (χ0) is 19.2. The van der Waals surface area contributed by atoms with Crippen molar-refractivity contribution in [3.63, 3.8) is 0 Å². The molecule has 1 N–H and O–H groups in total. The molecule has 1 aliphatic rings. The lowest BCUT2D eigenvalue weighted by atomic mass is 9.79. The van der Waals surface area contributed by atoms with Crippen LogP contribution in [0.25, 0.3) is 10.9 Å². The number of aromatic nitrogens is 1. The van der Waals surface area contributed by atoms with Crippen molar-refractivity contribution >= 4 is 22.8 Å². The van der Waals surface area contributed by atoms with Crippen molar-refractivity contribution < 1.29 is 19.1 Å². The monoisotopic (exact) mass is 363 g/mol. The highest BCUT2D eigenvalue weighted by atomic mass is 16.7. The highest BCUT2D eigenvalue weighted by Crippen LogP contribution is 2.40. The first-order valence-electron chi connectivity index (χ1n) is 8.94. The summed E-state index contributed by atoms with van der Waals surface area (Å²) in [6, 6.07) is 15.7. The first-order chi connectivity index (χ1) is 12.9. The summed E-state index contributed by atoms with van der Waals surface area (Å²) in [4.78, 5) is 28.8. The van der Waals surface area contributed by atoms with Crippen molar-refractivity contribution in [2.75, 3.05) is 0 Å². The number of cyclic esters (lactones) is 2. The summed E-state index contributed by atoms with van der Waals surface area (Å²) in [5.41, 5.74) is 3.78. The van der Waals surface area contributed by atoms with Gasteiger partial charge >= 0.3 is 11.9 Å². The molecule has 5 nitrogen and oxygen atoms in total. The van der Waals surface area contributed by atoms with Gasteiger partial charge in [-0.3, -0.25) is 9.59 Å². The molecule has 4 rings (SSSR count). The fraction of sp³-hybridized carbons (Fsp3) is 0.273. The number of hydrogen-bond acceptors (Lipinski definition) is 4. The van der Waals surface area contributed by atoms with Crippen LogP contribution in [0.15, 0.2) is 54.7 Å². The van der Waals surface area contributed by atoms with Crippen LogP contribution < -0.4 is 0 Å². The molecule has 27 heavy (non-hydrogen) atoms. The van der Waals surface area contributed by atoms with E-state index in [9.17, 15) is 9.59 Å². The largest absolute Gasteiger partial charge is 0.422 e. The lowest BCUT2D eigenvalue weighted by Gasteiger charge is -2.36. The number of H-pyrrole nitrogens is 1. The number of ether oxygens (including phenoxy) is 2. The third kappa shape index (κ3) is 3.10. The fourth-order valence-electron chi connectivity index (χ4n) is 3.68. The van der Waals surface area contributed by atoms with E-state index >= 15 is 0 Å². The highest BCUT2D eigenvalue weighted by Gasteiger charge is 2.48. The van der Waals surface area contributed by atoms with Crippen molar-refractivity contribution in [1.82, 2.24) is 4.98 Å². The zero-order valence-electron chi connectivity index (χ0n) is 15.5. The van der Waals surface area contributed by atoms with Crippen molar-refractivity contribution in [2.24, 2.45) is 5.92 Å². The molecule has 1 saturated heterocycles. The van der Waals surface area contributed by atoms with E-state index in [4.69, 9.17) is 9.47 Å². The Hall–Kier alpha value is -3.08.